The second kappa shape index (κ2) is 7.86. The zero-order valence-corrected chi connectivity index (χ0v) is 14.6. The minimum atomic E-state index is -0.808. The van der Waals surface area contributed by atoms with Crippen molar-refractivity contribution in [2.45, 2.75) is 6.92 Å². The Bertz CT molecular complexity index is 800. The molecule has 1 heterocycles. The number of rotatable bonds is 5. The highest BCUT2D eigenvalue weighted by Gasteiger charge is 2.15. The van der Waals surface area contributed by atoms with Crippen LogP contribution in [-0.4, -0.2) is 18.4 Å². The second-order valence-electron chi connectivity index (χ2n) is 4.68. The number of hydrogen-bond acceptors (Lipinski definition) is 5. The quantitative estimate of drug-likeness (QED) is 0.333. The van der Waals surface area contributed by atoms with Crippen LogP contribution in [0.4, 0.5) is 0 Å². The number of halogens is 1. The molecule has 0 saturated heterocycles. The van der Waals surface area contributed by atoms with Crippen LogP contribution in [0.15, 0.2) is 45.8 Å². The van der Waals surface area contributed by atoms with Crippen LogP contribution in [0, 0.1) is 18.3 Å². The third kappa shape index (κ3) is 4.88. The molecule has 0 N–H and O–H groups in total. The van der Waals surface area contributed by atoms with E-state index in [-0.39, 0.29) is 11.4 Å². The number of nitrogens with zero attached hydrogens (tertiary/aromatic N) is 1. The molecule has 0 unspecified atom stereocenters. The third-order valence-electron chi connectivity index (χ3n) is 2.91. The zero-order chi connectivity index (χ0) is 16.8. The van der Waals surface area contributed by atoms with Gasteiger partial charge in [0.1, 0.15) is 11.6 Å². The maximum absolute atomic E-state index is 11.9. The van der Waals surface area contributed by atoms with Crippen molar-refractivity contribution >= 4 is 45.1 Å². The number of Topliss-reactive ketones (excluding diaryl/α,β-unsaturated/α-hetero) is 1. The van der Waals surface area contributed by atoms with Gasteiger partial charge < -0.3 is 4.74 Å². The van der Waals surface area contributed by atoms with E-state index in [9.17, 15) is 9.59 Å². The van der Waals surface area contributed by atoms with Crippen LogP contribution < -0.4 is 0 Å². The van der Waals surface area contributed by atoms with Gasteiger partial charge in [-0.1, -0.05) is 29.8 Å². The second-order valence-corrected chi connectivity index (χ2v) is 7.15. The summed E-state index contributed by atoms with van der Waals surface area (Å²) >= 11 is 4.53. The molecule has 0 aliphatic carbocycles. The maximum atomic E-state index is 11.9. The fourth-order valence-corrected chi connectivity index (χ4v) is 3.02. The predicted molar refractivity (Wildman–Crippen MR) is 92.1 cm³/mol. The first-order chi connectivity index (χ1) is 11.0. The number of thiophene rings is 1. The molecule has 0 spiro atoms. The van der Waals surface area contributed by atoms with Crippen LogP contribution >= 0.6 is 27.3 Å². The van der Waals surface area contributed by atoms with Gasteiger partial charge in [-0.2, -0.15) is 5.26 Å². The molecule has 6 heteroatoms. The summed E-state index contributed by atoms with van der Waals surface area (Å²) in [6.07, 6.45) is 1.44. The van der Waals surface area contributed by atoms with E-state index in [0.717, 1.165) is 14.9 Å². The Labute approximate surface area is 146 Å². The standard InChI is InChI=1S/C17H12BrNO3S/c1-11-2-4-12(5-3-11)8-13(9-19)17(21)22-10-14(20)15-6-7-16(18)23-15/h2-8H,10H2,1H3/b13-8+. The monoisotopic (exact) mass is 389 g/mol. The van der Waals surface area contributed by atoms with Crippen molar-refractivity contribution < 1.29 is 14.3 Å². The number of carbonyl (C=O) groups excluding carboxylic acids is 2. The van der Waals surface area contributed by atoms with Crippen molar-refractivity contribution in [1.82, 2.24) is 0 Å². The predicted octanol–water partition coefficient (Wildman–Crippen LogP) is 4.15. The van der Waals surface area contributed by atoms with E-state index in [4.69, 9.17) is 10.00 Å². The number of benzene rings is 1. The van der Waals surface area contributed by atoms with Crippen LogP contribution in [0.3, 0.4) is 0 Å². The average molecular weight is 390 g/mol. The van der Waals surface area contributed by atoms with Gasteiger partial charge >= 0.3 is 5.97 Å². The van der Waals surface area contributed by atoms with E-state index in [1.807, 2.05) is 19.1 Å². The molecule has 2 rings (SSSR count). The molecule has 4 nitrogen and oxygen atoms in total. The zero-order valence-electron chi connectivity index (χ0n) is 12.2. The van der Waals surface area contributed by atoms with E-state index >= 15 is 0 Å². The number of esters is 1. The molecular formula is C17H12BrNO3S. The Kier molecular flexibility index (Phi) is 5.85. The summed E-state index contributed by atoms with van der Waals surface area (Å²) in [5.74, 6) is -1.11. The number of aryl methyl sites for hydroxylation is 1. The normalized spacial score (nSPS) is 10.9. The number of hydrogen-bond donors (Lipinski definition) is 0. The van der Waals surface area contributed by atoms with Gasteiger partial charge in [0.05, 0.1) is 8.66 Å². The molecule has 0 fully saturated rings. The molecule has 0 amide bonds. The molecule has 0 radical (unpaired) electrons. The molecule has 0 bridgehead atoms. The number of ether oxygens (including phenoxy) is 1. The van der Waals surface area contributed by atoms with Gasteiger partial charge in [0.2, 0.25) is 5.78 Å². The smallest absolute Gasteiger partial charge is 0.349 e. The van der Waals surface area contributed by atoms with Crippen molar-refractivity contribution in [3.8, 4) is 6.07 Å². The SMILES string of the molecule is Cc1ccc(/C=C(\C#N)C(=O)OCC(=O)c2ccc(Br)s2)cc1. The van der Waals surface area contributed by atoms with Gasteiger partial charge in [0, 0.05) is 0 Å². The number of ketones is 1. The maximum Gasteiger partial charge on any atom is 0.349 e. The van der Waals surface area contributed by atoms with E-state index < -0.39 is 12.6 Å². The summed E-state index contributed by atoms with van der Waals surface area (Å²) in [5, 5.41) is 9.09. The van der Waals surface area contributed by atoms with Gasteiger partial charge in [-0.25, -0.2) is 4.79 Å². The molecule has 0 aliphatic heterocycles. The lowest BCUT2D eigenvalue weighted by Gasteiger charge is -2.02. The molecule has 2 aromatic rings. The highest BCUT2D eigenvalue weighted by molar-refractivity contribution is 9.11. The Morgan fingerprint density at radius 1 is 1.26 bits per heavy atom. The van der Waals surface area contributed by atoms with Gasteiger partial charge in [0.25, 0.3) is 0 Å². The largest absolute Gasteiger partial charge is 0.453 e. The van der Waals surface area contributed by atoms with E-state index in [1.54, 1.807) is 30.3 Å². The van der Waals surface area contributed by atoms with E-state index in [1.165, 1.54) is 17.4 Å². The van der Waals surface area contributed by atoms with Gasteiger partial charge in [-0.05, 0) is 46.6 Å². The lowest BCUT2D eigenvalue weighted by Crippen LogP contribution is -2.14. The Balaban J connectivity index is 2.01. The first-order valence-electron chi connectivity index (χ1n) is 6.63. The van der Waals surface area contributed by atoms with E-state index in [2.05, 4.69) is 15.9 Å². The Hall–Kier alpha value is -2.23. The Morgan fingerprint density at radius 2 is 1.96 bits per heavy atom. The molecule has 0 atom stereocenters. The van der Waals surface area contributed by atoms with Crippen LogP contribution in [0.25, 0.3) is 6.08 Å². The summed E-state index contributed by atoms with van der Waals surface area (Å²) in [4.78, 5) is 24.3. The third-order valence-corrected chi connectivity index (χ3v) is 4.58. The van der Waals surface area contributed by atoms with Gasteiger partial charge in [-0.3, -0.25) is 4.79 Å². The molecule has 0 aliphatic rings. The fraction of sp³-hybridized carbons (Fsp3) is 0.118. The van der Waals surface area contributed by atoms with Crippen LogP contribution in [0.1, 0.15) is 20.8 Å². The van der Waals surface area contributed by atoms with Gasteiger partial charge in [-0.15, -0.1) is 11.3 Å². The van der Waals surface area contributed by atoms with Crippen LogP contribution in [0.5, 0.6) is 0 Å². The molecule has 1 aromatic heterocycles. The summed E-state index contributed by atoms with van der Waals surface area (Å²) < 4.78 is 5.75. The summed E-state index contributed by atoms with van der Waals surface area (Å²) in [5.41, 5.74) is 1.66. The van der Waals surface area contributed by atoms with Crippen LogP contribution in [-0.2, 0) is 9.53 Å². The molecule has 116 valence electrons. The van der Waals surface area contributed by atoms with Crippen molar-refractivity contribution in [2.24, 2.45) is 0 Å². The van der Waals surface area contributed by atoms with Crippen molar-refractivity contribution in [3.05, 3.63) is 61.8 Å². The summed E-state index contributed by atoms with van der Waals surface area (Å²) in [6.45, 7) is 1.56. The average Bonchev–Trinajstić information content (AvgIpc) is 2.98. The molecular weight excluding hydrogens is 378 g/mol. The summed E-state index contributed by atoms with van der Waals surface area (Å²) in [7, 11) is 0. The first kappa shape index (κ1) is 17.1. The highest BCUT2D eigenvalue weighted by Crippen LogP contribution is 2.22. The van der Waals surface area contributed by atoms with Crippen molar-refractivity contribution in [2.75, 3.05) is 6.61 Å². The minimum absolute atomic E-state index is 0.144. The minimum Gasteiger partial charge on any atom is -0.453 e. The first-order valence-corrected chi connectivity index (χ1v) is 8.24. The van der Waals surface area contributed by atoms with Crippen molar-refractivity contribution in [3.63, 3.8) is 0 Å². The number of nitriles is 1. The lowest BCUT2D eigenvalue weighted by atomic mass is 10.1. The van der Waals surface area contributed by atoms with Gasteiger partial charge in [0.15, 0.2) is 6.61 Å². The highest BCUT2D eigenvalue weighted by atomic mass is 79.9. The van der Waals surface area contributed by atoms with Crippen molar-refractivity contribution in [1.29, 1.82) is 5.26 Å². The number of carbonyl (C=O) groups is 2. The Morgan fingerprint density at radius 3 is 2.52 bits per heavy atom. The van der Waals surface area contributed by atoms with Crippen LogP contribution in [0.2, 0.25) is 0 Å². The topological polar surface area (TPSA) is 67.2 Å². The summed E-state index contributed by atoms with van der Waals surface area (Å²) in [6, 6.07) is 12.6. The fourth-order valence-electron chi connectivity index (χ4n) is 1.71. The molecule has 1 aromatic carbocycles. The lowest BCUT2D eigenvalue weighted by molar-refractivity contribution is -0.137. The molecule has 0 saturated carbocycles. The molecule has 23 heavy (non-hydrogen) atoms. The van der Waals surface area contributed by atoms with E-state index in [0.29, 0.717) is 4.88 Å².